The van der Waals surface area contributed by atoms with Crippen LogP contribution in [0.3, 0.4) is 0 Å². The monoisotopic (exact) mass is 327 g/mol. The van der Waals surface area contributed by atoms with Crippen molar-refractivity contribution < 1.29 is 14.3 Å². The molecule has 1 aromatic heterocycles. The number of hydrogen-bond donors (Lipinski definition) is 0. The van der Waals surface area contributed by atoms with Crippen molar-refractivity contribution in [3.8, 4) is 5.75 Å². The van der Waals surface area contributed by atoms with Crippen LogP contribution in [0.15, 0.2) is 42.5 Å². The van der Waals surface area contributed by atoms with E-state index in [9.17, 15) is 4.79 Å². The van der Waals surface area contributed by atoms with Crippen molar-refractivity contribution in [2.45, 2.75) is 20.5 Å². The van der Waals surface area contributed by atoms with E-state index < -0.39 is 5.97 Å². The third-order valence-corrected chi connectivity index (χ3v) is 4.61. The molecule has 0 aliphatic carbocycles. The van der Waals surface area contributed by atoms with E-state index in [1.807, 2.05) is 56.3 Å². The Morgan fingerprint density at radius 2 is 1.96 bits per heavy atom. The van der Waals surface area contributed by atoms with Crippen LogP contribution in [0.25, 0.3) is 10.2 Å². The standard InChI is InChI=1S/C18H17NO3S/c1-12-6-5-8-15(13(12)2)21-11-18(20)22-10-17-19-14-7-3-4-9-16(14)23-17/h3-9H,10-11H2,1-2H3. The van der Waals surface area contributed by atoms with Crippen LogP contribution < -0.4 is 4.74 Å². The van der Waals surface area contributed by atoms with Gasteiger partial charge in [0, 0.05) is 0 Å². The number of para-hydroxylation sites is 1. The number of ether oxygens (including phenoxy) is 2. The van der Waals surface area contributed by atoms with Crippen molar-refractivity contribution in [3.63, 3.8) is 0 Å². The van der Waals surface area contributed by atoms with Gasteiger partial charge in [0.25, 0.3) is 0 Å². The maximum absolute atomic E-state index is 11.8. The van der Waals surface area contributed by atoms with Crippen LogP contribution in [0.4, 0.5) is 0 Å². The van der Waals surface area contributed by atoms with Crippen LogP contribution in [0.1, 0.15) is 16.1 Å². The number of rotatable bonds is 5. The summed E-state index contributed by atoms with van der Waals surface area (Å²) in [6.45, 7) is 4.05. The van der Waals surface area contributed by atoms with Gasteiger partial charge in [-0.15, -0.1) is 11.3 Å². The van der Waals surface area contributed by atoms with Crippen molar-refractivity contribution in [1.82, 2.24) is 4.98 Å². The highest BCUT2D eigenvalue weighted by atomic mass is 32.1. The van der Waals surface area contributed by atoms with Gasteiger partial charge >= 0.3 is 5.97 Å². The van der Waals surface area contributed by atoms with Crippen LogP contribution in [-0.2, 0) is 16.1 Å². The number of thiazole rings is 1. The first-order valence-corrected chi connectivity index (χ1v) is 8.14. The van der Waals surface area contributed by atoms with Crippen molar-refractivity contribution in [2.24, 2.45) is 0 Å². The van der Waals surface area contributed by atoms with Gasteiger partial charge in [0.15, 0.2) is 6.61 Å². The fourth-order valence-corrected chi connectivity index (χ4v) is 3.06. The van der Waals surface area contributed by atoms with E-state index in [0.717, 1.165) is 26.4 Å². The van der Waals surface area contributed by atoms with Gasteiger partial charge in [-0.05, 0) is 43.2 Å². The number of fused-ring (bicyclic) bond motifs is 1. The van der Waals surface area contributed by atoms with Crippen LogP contribution in [0.5, 0.6) is 5.75 Å². The first kappa shape index (κ1) is 15.5. The number of aryl methyl sites for hydroxylation is 1. The zero-order chi connectivity index (χ0) is 16.2. The molecule has 0 fully saturated rings. The van der Waals surface area contributed by atoms with Crippen LogP contribution in [0.2, 0.25) is 0 Å². The lowest BCUT2D eigenvalue weighted by atomic mass is 10.1. The second-order valence-corrected chi connectivity index (χ2v) is 6.34. The molecule has 118 valence electrons. The summed E-state index contributed by atoms with van der Waals surface area (Å²) in [5.41, 5.74) is 3.09. The Balaban J connectivity index is 1.54. The van der Waals surface area contributed by atoms with Gasteiger partial charge in [-0.3, -0.25) is 0 Å². The van der Waals surface area contributed by atoms with E-state index >= 15 is 0 Å². The average Bonchev–Trinajstić information content (AvgIpc) is 2.97. The summed E-state index contributed by atoms with van der Waals surface area (Å²) in [5, 5.41) is 0.784. The molecule has 23 heavy (non-hydrogen) atoms. The van der Waals surface area contributed by atoms with E-state index in [4.69, 9.17) is 9.47 Å². The molecule has 0 N–H and O–H groups in total. The van der Waals surface area contributed by atoms with E-state index in [-0.39, 0.29) is 13.2 Å². The van der Waals surface area contributed by atoms with Crippen molar-refractivity contribution >= 4 is 27.5 Å². The van der Waals surface area contributed by atoms with Crippen molar-refractivity contribution in [2.75, 3.05) is 6.61 Å². The molecule has 0 unspecified atom stereocenters. The van der Waals surface area contributed by atoms with Crippen LogP contribution >= 0.6 is 11.3 Å². The molecule has 3 aromatic rings. The molecule has 0 bridgehead atoms. The smallest absolute Gasteiger partial charge is 0.344 e. The highest BCUT2D eigenvalue weighted by Crippen LogP contribution is 2.22. The van der Waals surface area contributed by atoms with Crippen molar-refractivity contribution in [3.05, 3.63) is 58.6 Å². The SMILES string of the molecule is Cc1cccc(OCC(=O)OCc2nc3ccccc3s2)c1C. The quantitative estimate of drug-likeness (QED) is 0.664. The molecule has 0 radical (unpaired) electrons. The Hall–Kier alpha value is -2.40. The third kappa shape index (κ3) is 3.68. The average molecular weight is 327 g/mol. The molecule has 0 atom stereocenters. The Bertz CT molecular complexity index is 808. The Kier molecular flexibility index (Phi) is 4.57. The predicted octanol–water partition coefficient (Wildman–Crippen LogP) is 4.04. The molecule has 0 amide bonds. The highest BCUT2D eigenvalue weighted by molar-refractivity contribution is 7.18. The molecule has 2 aromatic carbocycles. The largest absolute Gasteiger partial charge is 0.482 e. The fraction of sp³-hybridized carbons (Fsp3) is 0.222. The number of nitrogens with zero attached hydrogens (tertiary/aromatic N) is 1. The Morgan fingerprint density at radius 3 is 2.78 bits per heavy atom. The second kappa shape index (κ2) is 6.79. The molecule has 3 rings (SSSR count). The summed E-state index contributed by atoms with van der Waals surface area (Å²) >= 11 is 1.53. The Labute approximate surface area is 138 Å². The first-order valence-electron chi connectivity index (χ1n) is 7.32. The minimum absolute atomic E-state index is 0.102. The number of hydrogen-bond acceptors (Lipinski definition) is 5. The minimum atomic E-state index is -0.398. The molecule has 4 nitrogen and oxygen atoms in total. The molecular formula is C18H17NO3S. The molecule has 0 saturated heterocycles. The summed E-state index contributed by atoms with van der Waals surface area (Å²) < 4.78 is 11.9. The second-order valence-electron chi connectivity index (χ2n) is 5.22. The third-order valence-electron chi connectivity index (χ3n) is 3.60. The molecule has 0 aliphatic rings. The van der Waals surface area contributed by atoms with Gasteiger partial charge in [-0.1, -0.05) is 24.3 Å². The van der Waals surface area contributed by atoms with Gasteiger partial charge in [-0.2, -0.15) is 0 Å². The lowest BCUT2D eigenvalue weighted by Gasteiger charge is -2.10. The maximum Gasteiger partial charge on any atom is 0.344 e. The molecule has 0 saturated carbocycles. The highest BCUT2D eigenvalue weighted by Gasteiger charge is 2.09. The van der Waals surface area contributed by atoms with Gasteiger partial charge in [0.1, 0.15) is 17.4 Å². The summed E-state index contributed by atoms with van der Waals surface area (Å²) in [6, 6.07) is 13.6. The van der Waals surface area contributed by atoms with Crippen molar-refractivity contribution in [1.29, 1.82) is 0 Å². The number of carbonyl (C=O) groups excluding carboxylic acids is 1. The first-order chi connectivity index (χ1) is 11.1. The number of esters is 1. The molecule has 0 spiro atoms. The van der Waals surface area contributed by atoms with E-state index in [1.165, 1.54) is 11.3 Å². The predicted molar refractivity (Wildman–Crippen MR) is 90.8 cm³/mol. The lowest BCUT2D eigenvalue weighted by molar-refractivity contribution is -0.147. The summed E-state index contributed by atoms with van der Waals surface area (Å²) in [4.78, 5) is 16.3. The normalized spacial score (nSPS) is 10.7. The molecule has 0 aliphatic heterocycles. The minimum Gasteiger partial charge on any atom is -0.482 e. The molecular weight excluding hydrogens is 310 g/mol. The zero-order valence-electron chi connectivity index (χ0n) is 13.0. The van der Waals surface area contributed by atoms with E-state index in [2.05, 4.69) is 4.98 Å². The summed E-state index contributed by atoms with van der Waals surface area (Å²) in [5.74, 6) is 0.312. The maximum atomic E-state index is 11.8. The van der Waals surface area contributed by atoms with Gasteiger partial charge in [0.05, 0.1) is 10.2 Å². The van der Waals surface area contributed by atoms with Gasteiger partial charge in [-0.25, -0.2) is 9.78 Å². The van der Waals surface area contributed by atoms with Crippen LogP contribution in [-0.4, -0.2) is 17.6 Å². The lowest BCUT2D eigenvalue weighted by Crippen LogP contribution is -2.15. The number of aromatic nitrogens is 1. The zero-order valence-corrected chi connectivity index (χ0v) is 13.9. The van der Waals surface area contributed by atoms with Gasteiger partial charge < -0.3 is 9.47 Å². The topological polar surface area (TPSA) is 48.4 Å². The summed E-state index contributed by atoms with van der Waals surface area (Å²) in [6.07, 6.45) is 0. The van der Waals surface area contributed by atoms with Gasteiger partial charge in [0.2, 0.25) is 0 Å². The molecule has 5 heteroatoms. The van der Waals surface area contributed by atoms with Crippen LogP contribution in [0, 0.1) is 13.8 Å². The summed E-state index contributed by atoms with van der Waals surface area (Å²) in [7, 11) is 0. The van der Waals surface area contributed by atoms with E-state index in [1.54, 1.807) is 0 Å². The Morgan fingerprint density at radius 1 is 1.13 bits per heavy atom. The number of carbonyl (C=O) groups is 1. The molecule has 1 heterocycles. The number of benzene rings is 2. The fourth-order valence-electron chi connectivity index (χ4n) is 2.18. The van der Waals surface area contributed by atoms with E-state index in [0.29, 0.717) is 5.75 Å².